The first-order chi connectivity index (χ1) is 9.75. The molecule has 2 amide bonds. The van der Waals surface area contributed by atoms with Crippen LogP contribution in [0.1, 0.15) is 25.8 Å². The molecule has 0 heterocycles. The van der Waals surface area contributed by atoms with Gasteiger partial charge in [0.25, 0.3) is 0 Å². The van der Waals surface area contributed by atoms with E-state index in [4.69, 9.17) is 0 Å². The highest BCUT2D eigenvalue weighted by molar-refractivity contribution is 5.91. The van der Waals surface area contributed by atoms with Crippen molar-refractivity contribution in [3.8, 4) is 0 Å². The lowest BCUT2D eigenvalue weighted by Crippen LogP contribution is -2.37. The summed E-state index contributed by atoms with van der Waals surface area (Å²) in [6, 6.07) is 4.34. The van der Waals surface area contributed by atoms with Crippen molar-refractivity contribution in [2.75, 3.05) is 18.0 Å². The normalized spacial score (nSPS) is 11.1. The van der Waals surface area contributed by atoms with Gasteiger partial charge >= 0.3 is 6.18 Å². The molecule has 0 radical (unpaired) electrons. The van der Waals surface area contributed by atoms with Crippen LogP contribution in [0.2, 0.25) is 0 Å². The smallest absolute Gasteiger partial charge is 0.354 e. The number of alkyl halides is 3. The molecule has 7 heteroatoms. The van der Waals surface area contributed by atoms with Crippen molar-refractivity contribution < 1.29 is 22.8 Å². The Morgan fingerprint density at radius 3 is 2.19 bits per heavy atom. The first kappa shape index (κ1) is 17.0. The maximum absolute atomic E-state index is 12.5. The van der Waals surface area contributed by atoms with E-state index in [0.717, 1.165) is 12.1 Å². The Hall–Kier alpha value is -2.05. The number of hydrogen-bond donors (Lipinski definition) is 1. The lowest BCUT2D eigenvalue weighted by atomic mass is 10.2. The molecule has 0 atom stereocenters. The summed E-state index contributed by atoms with van der Waals surface area (Å²) in [4.78, 5) is 24.0. The number of anilines is 1. The Morgan fingerprint density at radius 2 is 1.76 bits per heavy atom. The van der Waals surface area contributed by atoms with Crippen LogP contribution in [0.25, 0.3) is 0 Å². The highest BCUT2D eigenvalue weighted by Gasteiger charge is 2.30. The second-order valence-electron chi connectivity index (χ2n) is 4.42. The predicted octanol–water partition coefficient (Wildman–Crippen LogP) is 2.58. The molecule has 0 saturated carbocycles. The Kier molecular flexibility index (Phi) is 5.75. The SMILES string of the molecule is CCC(=O)NCCN(C(C)=O)c1ccc(C(F)(F)F)cc1. The molecule has 1 N–H and O–H groups in total. The molecule has 0 unspecified atom stereocenters. The molecule has 21 heavy (non-hydrogen) atoms. The number of amides is 2. The number of rotatable bonds is 5. The molecule has 116 valence electrons. The zero-order chi connectivity index (χ0) is 16.0. The van der Waals surface area contributed by atoms with Gasteiger partial charge in [-0.2, -0.15) is 13.2 Å². The van der Waals surface area contributed by atoms with Gasteiger partial charge < -0.3 is 10.2 Å². The van der Waals surface area contributed by atoms with E-state index >= 15 is 0 Å². The number of hydrogen-bond acceptors (Lipinski definition) is 2. The summed E-state index contributed by atoms with van der Waals surface area (Å²) in [5.74, 6) is -0.452. The van der Waals surface area contributed by atoms with Gasteiger partial charge in [-0.1, -0.05) is 6.92 Å². The molecular weight excluding hydrogens is 285 g/mol. The van der Waals surface area contributed by atoms with Gasteiger partial charge in [-0.05, 0) is 24.3 Å². The summed E-state index contributed by atoms with van der Waals surface area (Å²) >= 11 is 0. The fourth-order valence-electron chi connectivity index (χ4n) is 1.73. The van der Waals surface area contributed by atoms with Gasteiger partial charge in [-0.15, -0.1) is 0 Å². The summed E-state index contributed by atoms with van der Waals surface area (Å²) in [5.41, 5.74) is -0.407. The second kappa shape index (κ2) is 7.10. The highest BCUT2D eigenvalue weighted by Crippen LogP contribution is 2.30. The van der Waals surface area contributed by atoms with E-state index in [9.17, 15) is 22.8 Å². The standard InChI is InChI=1S/C14H17F3N2O2/c1-3-13(21)18-8-9-19(10(2)20)12-6-4-11(5-7-12)14(15,16)17/h4-7H,3,8-9H2,1-2H3,(H,18,21). The fraction of sp³-hybridized carbons (Fsp3) is 0.429. The van der Waals surface area contributed by atoms with Crippen LogP contribution in [-0.4, -0.2) is 24.9 Å². The number of nitrogens with one attached hydrogen (secondary N) is 1. The van der Waals surface area contributed by atoms with Gasteiger partial charge in [0.2, 0.25) is 11.8 Å². The minimum Gasteiger partial charge on any atom is -0.354 e. The van der Waals surface area contributed by atoms with Crippen LogP contribution >= 0.6 is 0 Å². The van der Waals surface area contributed by atoms with E-state index in [1.165, 1.54) is 24.0 Å². The van der Waals surface area contributed by atoms with Crippen molar-refractivity contribution in [3.05, 3.63) is 29.8 Å². The molecule has 0 fully saturated rings. The molecule has 1 rings (SSSR count). The molecule has 0 aliphatic heterocycles. The molecule has 0 aliphatic rings. The molecule has 0 spiro atoms. The molecule has 1 aromatic carbocycles. The summed E-state index contributed by atoms with van der Waals surface area (Å²) in [7, 11) is 0. The predicted molar refractivity (Wildman–Crippen MR) is 72.8 cm³/mol. The minimum absolute atomic E-state index is 0.147. The quantitative estimate of drug-likeness (QED) is 0.909. The van der Waals surface area contributed by atoms with Gasteiger partial charge in [0, 0.05) is 32.1 Å². The second-order valence-corrected chi connectivity index (χ2v) is 4.42. The van der Waals surface area contributed by atoms with Gasteiger partial charge in [-0.25, -0.2) is 0 Å². The van der Waals surface area contributed by atoms with Crippen molar-refractivity contribution in [2.45, 2.75) is 26.4 Å². The number of benzene rings is 1. The molecule has 0 aliphatic carbocycles. The van der Waals surface area contributed by atoms with E-state index in [0.29, 0.717) is 12.1 Å². The van der Waals surface area contributed by atoms with E-state index in [1.54, 1.807) is 6.92 Å². The van der Waals surface area contributed by atoms with Crippen molar-refractivity contribution in [1.82, 2.24) is 5.32 Å². The summed E-state index contributed by atoms with van der Waals surface area (Å²) < 4.78 is 37.4. The molecule has 4 nitrogen and oxygen atoms in total. The van der Waals surface area contributed by atoms with Gasteiger partial charge in [-0.3, -0.25) is 9.59 Å². The Balaban J connectivity index is 2.77. The van der Waals surface area contributed by atoms with Crippen LogP contribution < -0.4 is 10.2 Å². The monoisotopic (exact) mass is 302 g/mol. The molecule has 1 aromatic rings. The molecule has 0 bridgehead atoms. The average molecular weight is 302 g/mol. The van der Waals surface area contributed by atoms with Crippen LogP contribution in [0.3, 0.4) is 0 Å². The minimum atomic E-state index is -4.41. The van der Waals surface area contributed by atoms with Gasteiger partial charge in [0.15, 0.2) is 0 Å². The van der Waals surface area contributed by atoms with Crippen molar-refractivity contribution in [1.29, 1.82) is 0 Å². The lowest BCUT2D eigenvalue weighted by molar-refractivity contribution is -0.137. The largest absolute Gasteiger partial charge is 0.416 e. The van der Waals surface area contributed by atoms with E-state index in [2.05, 4.69) is 5.32 Å². The Labute approximate surface area is 120 Å². The summed E-state index contributed by atoms with van der Waals surface area (Å²) in [6.45, 7) is 3.47. The number of nitrogens with zero attached hydrogens (tertiary/aromatic N) is 1. The third-order valence-electron chi connectivity index (χ3n) is 2.87. The third-order valence-corrected chi connectivity index (χ3v) is 2.87. The number of halogens is 3. The Bertz CT molecular complexity index is 498. The summed E-state index contributed by atoms with van der Waals surface area (Å²) in [5, 5.41) is 2.61. The van der Waals surface area contributed by atoms with Gasteiger partial charge in [0.1, 0.15) is 0 Å². The van der Waals surface area contributed by atoms with Crippen molar-refractivity contribution >= 4 is 17.5 Å². The first-order valence-corrected chi connectivity index (χ1v) is 6.47. The summed E-state index contributed by atoms with van der Waals surface area (Å²) in [6.07, 6.45) is -4.07. The maximum atomic E-state index is 12.5. The van der Waals surface area contributed by atoms with E-state index < -0.39 is 11.7 Å². The third kappa shape index (κ3) is 5.09. The van der Waals surface area contributed by atoms with E-state index in [1.807, 2.05) is 0 Å². The van der Waals surface area contributed by atoms with Crippen LogP contribution in [0.5, 0.6) is 0 Å². The molecular formula is C14H17F3N2O2. The van der Waals surface area contributed by atoms with Crippen molar-refractivity contribution in [3.63, 3.8) is 0 Å². The zero-order valence-corrected chi connectivity index (χ0v) is 11.8. The number of carbonyl (C=O) groups excluding carboxylic acids is 2. The number of carbonyl (C=O) groups is 2. The topological polar surface area (TPSA) is 49.4 Å². The molecule has 0 aromatic heterocycles. The highest BCUT2D eigenvalue weighted by atomic mass is 19.4. The van der Waals surface area contributed by atoms with Crippen LogP contribution in [0, 0.1) is 0 Å². The lowest BCUT2D eigenvalue weighted by Gasteiger charge is -2.22. The average Bonchev–Trinajstić information content (AvgIpc) is 2.42. The first-order valence-electron chi connectivity index (χ1n) is 6.47. The van der Waals surface area contributed by atoms with Crippen LogP contribution in [0.4, 0.5) is 18.9 Å². The Morgan fingerprint density at radius 1 is 1.19 bits per heavy atom. The fourth-order valence-corrected chi connectivity index (χ4v) is 1.73. The van der Waals surface area contributed by atoms with Crippen molar-refractivity contribution in [2.24, 2.45) is 0 Å². The molecule has 0 saturated heterocycles. The van der Waals surface area contributed by atoms with Crippen LogP contribution in [0.15, 0.2) is 24.3 Å². The van der Waals surface area contributed by atoms with Crippen LogP contribution in [-0.2, 0) is 15.8 Å². The maximum Gasteiger partial charge on any atom is 0.416 e. The van der Waals surface area contributed by atoms with Gasteiger partial charge in [0.05, 0.1) is 5.56 Å². The van der Waals surface area contributed by atoms with E-state index in [-0.39, 0.29) is 24.9 Å². The zero-order valence-electron chi connectivity index (χ0n) is 11.8.